The number of hydrogen-bond acceptors (Lipinski definition) is 5. The molecule has 0 N–H and O–H groups in total. The minimum absolute atomic E-state index is 0.111. The van der Waals surface area contributed by atoms with Crippen LogP contribution in [-0.4, -0.2) is 26.8 Å². The number of rotatable bonds is 4. The fourth-order valence-corrected chi connectivity index (χ4v) is 2.84. The van der Waals surface area contributed by atoms with Crippen molar-refractivity contribution < 1.29 is 26.7 Å². The molecule has 0 spiro atoms. The highest BCUT2D eigenvalue weighted by Crippen LogP contribution is 2.29. The summed E-state index contributed by atoms with van der Waals surface area (Å²) in [7, 11) is 0. The van der Waals surface area contributed by atoms with Gasteiger partial charge in [-0.3, -0.25) is 0 Å². The number of aromatic nitrogens is 4. The fraction of sp³-hybridized carbons (Fsp3) is 0.0476. The Hall–Kier alpha value is -3.95. The molecule has 0 aliphatic heterocycles. The first-order chi connectivity index (χ1) is 14.8. The molecule has 0 aliphatic carbocycles. The SMILES string of the molecule is Fc1cccc(F)c1-c1nnc(-c2cccc(-c3ccc(OC(F)(F)F)cc3)c2)nn1. The highest BCUT2D eigenvalue weighted by molar-refractivity contribution is 5.70. The lowest BCUT2D eigenvalue weighted by atomic mass is 10.0. The standard InChI is InChI=1S/C21H11F5N4O/c22-16-5-2-6-17(23)18(16)20-29-27-19(28-30-20)14-4-1-3-13(11-14)12-7-9-15(10-8-12)31-21(24,25)26/h1-11H. The second kappa shape index (κ2) is 8.05. The largest absolute Gasteiger partial charge is 0.573 e. The Morgan fingerprint density at radius 2 is 1.16 bits per heavy atom. The second-order valence-corrected chi connectivity index (χ2v) is 6.30. The van der Waals surface area contributed by atoms with Crippen LogP contribution in [0.5, 0.6) is 5.75 Å². The van der Waals surface area contributed by atoms with Gasteiger partial charge in [0.1, 0.15) is 17.4 Å². The van der Waals surface area contributed by atoms with Gasteiger partial charge in [-0.15, -0.1) is 33.6 Å². The Balaban J connectivity index is 1.60. The maximum atomic E-state index is 13.9. The highest BCUT2D eigenvalue weighted by Gasteiger charge is 2.31. The van der Waals surface area contributed by atoms with Gasteiger partial charge >= 0.3 is 6.36 Å². The Labute approximate surface area is 172 Å². The van der Waals surface area contributed by atoms with Gasteiger partial charge in [0.25, 0.3) is 0 Å². The van der Waals surface area contributed by atoms with Crippen LogP contribution in [0.2, 0.25) is 0 Å². The Bertz CT molecular complexity index is 1190. The van der Waals surface area contributed by atoms with Gasteiger partial charge in [0.15, 0.2) is 0 Å². The molecule has 1 heterocycles. The maximum absolute atomic E-state index is 13.9. The fourth-order valence-electron chi connectivity index (χ4n) is 2.84. The van der Waals surface area contributed by atoms with Crippen LogP contribution in [0.15, 0.2) is 66.7 Å². The predicted molar refractivity (Wildman–Crippen MR) is 101 cm³/mol. The summed E-state index contributed by atoms with van der Waals surface area (Å²) in [6.45, 7) is 0. The topological polar surface area (TPSA) is 60.8 Å². The molecule has 0 unspecified atom stereocenters. The van der Waals surface area contributed by atoms with Crippen molar-refractivity contribution in [2.75, 3.05) is 0 Å². The van der Waals surface area contributed by atoms with E-state index in [1.165, 1.54) is 30.3 Å². The summed E-state index contributed by atoms with van der Waals surface area (Å²) in [6.07, 6.45) is -4.77. The molecule has 1 aromatic heterocycles. The van der Waals surface area contributed by atoms with E-state index in [9.17, 15) is 22.0 Å². The zero-order valence-electron chi connectivity index (χ0n) is 15.4. The van der Waals surface area contributed by atoms with Crippen molar-refractivity contribution in [1.82, 2.24) is 20.4 Å². The van der Waals surface area contributed by atoms with Crippen molar-refractivity contribution in [1.29, 1.82) is 0 Å². The smallest absolute Gasteiger partial charge is 0.406 e. The summed E-state index contributed by atoms with van der Waals surface area (Å²) >= 11 is 0. The molecule has 0 radical (unpaired) electrons. The molecule has 5 nitrogen and oxygen atoms in total. The van der Waals surface area contributed by atoms with Gasteiger partial charge in [0.2, 0.25) is 11.6 Å². The molecule has 0 fully saturated rings. The van der Waals surface area contributed by atoms with E-state index in [0.717, 1.165) is 12.1 Å². The van der Waals surface area contributed by atoms with E-state index < -0.39 is 23.6 Å². The van der Waals surface area contributed by atoms with Crippen molar-refractivity contribution in [3.8, 4) is 39.7 Å². The molecule has 0 atom stereocenters. The molecule has 0 amide bonds. The van der Waals surface area contributed by atoms with Crippen LogP contribution in [0.4, 0.5) is 22.0 Å². The van der Waals surface area contributed by atoms with Gasteiger partial charge in [0.05, 0.1) is 5.56 Å². The minimum atomic E-state index is -4.77. The van der Waals surface area contributed by atoms with Crippen molar-refractivity contribution in [2.24, 2.45) is 0 Å². The molecule has 4 aromatic rings. The summed E-state index contributed by atoms with van der Waals surface area (Å²) < 4.78 is 68.5. The van der Waals surface area contributed by atoms with E-state index in [4.69, 9.17) is 0 Å². The number of nitrogens with zero attached hydrogens (tertiary/aromatic N) is 4. The number of halogens is 5. The van der Waals surface area contributed by atoms with Gasteiger partial charge in [0, 0.05) is 5.56 Å². The molecule has 0 saturated carbocycles. The van der Waals surface area contributed by atoms with Crippen LogP contribution in [0.1, 0.15) is 0 Å². The van der Waals surface area contributed by atoms with Crippen LogP contribution in [-0.2, 0) is 0 Å². The lowest BCUT2D eigenvalue weighted by Gasteiger charge is -2.10. The van der Waals surface area contributed by atoms with Crippen molar-refractivity contribution in [3.63, 3.8) is 0 Å². The third-order valence-corrected chi connectivity index (χ3v) is 4.21. The minimum Gasteiger partial charge on any atom is -0.406 e. The first-order valence-electron chi connectivity index (χ1n) is 8.78. The van der Waals surface area contributed by atoms with Gasteiger partial charge in [-0.05, 0) is 41.5 Å². The highest BCUT2D eigenvalue weighted by atomic mass is 19.4. The molecule has 0 saturated heterocycles. The van der Waals surface area contributed by atoms with Crippen LogP contribution in [0.3, 0.4) is 0 Å². The van der Waals surface area contributed by atoms with Gasteiger partial charge in [-0.2, -0.15) is 0 Å². The van der Waals surface area contributed by atoms with E-state index in [2.05, 4.69) is 25.1 Å². The molecule has 0 aliphatic rings. The summed E-state index contributed by atoms with van der Waals surface area (Å²) in [5.41, 5.74) is 1.38. The molecular formula is C21H11F5N4O. The molecule has 3 aromatic carbocycles. The number of ether oxygens (including phenoxy) is 1. The maximum Gasteiger partial charge on any atom is 0.573 e. The van der Waals surface area contributed by atoms with E-state index in [0.29, 0.717) is 16.7 Å². The lowest BCUT2D eigenvalue weighted by molar-refractivity contribution is -0.274. The average Bonchev–Trinajstić information content (AvgIpc) is 2.74. The number of hydrogen-bond donors (Lipinski definition) is 0. The van der Waals surface area contributed by atoms with Crippen molar-refractivity contribution >= 4 is 0 Å². The molecule has 156 valence electrons. The third-order valence-electron chi connectivity index (χ3n) is 4.21. The third kappa shape index (κ3) is 4.63. The van der Waals surface area contributed by atoms with Crippen molar-refractivity contribution in [2.45, 2.75) is 6.36 Å². The summed E-state index contributed by atoms with van der Waals surface area (Å²) in [5, 5.41) is 15.3. The van der Waals surface area contributed by atoms with E-state index >= 15 is 0 Å². The zero-order valence-corrected chi connectivity index (χ0v) is 15.4. The van der Waals surface area contributed by atoms with Gasteiger partial charge < -0.3 is 4.74 Å². The average molecular weight is 430 g/mol. The van der Waals surface area contributed by atoms with Crippen LogP contribution in [0.25, 0.3) is 33.9 Å². The van der Waals surface area contributed by atoms with Crippen LogP contribution >= 0.6 is 0 Å². The van der Waals surface area contributed by atoms with E-state index in [1.807, 2.05) is 0 Å². The van der Waals surface area contributed by atoms with Gasteiger partial charge in [-0.25, -0.2) is 8.78 Å². The first-order valence-corrected chi connectivity index (χ1v) is 8.78. The summed E-state index contributed by atoms with van der Waals surface area (Å²) in [5.74, 6) is -2.19. The van der Waals surface area contributed by atoms with Crippen molar-refractivity contribution in [3.05, 3.63) is 78.4 Å². The number of benzene rings is 3. The van der Waals surface area contributed by atoms with E-state index in [-0.39, 0.29) is 17.4 Å². The number of alkyl halides is 3. The van der Waals surface area contributed by atoms with Crippen LogP contribution < -0.4 is 4.74 Å². The first kappa shape index (κ1) is 20.3. The quantitative estimate of drug-likeness (QED) is 0.403. The molecule has 0 bridgehead atoms. The van der Waals surface area contributed by atoms with E-state index in [1.54, 1.807) is 24.3 Å². The normalized spacial score (nSPS) is 11.4. The summed E-state index contributed by atoms with van der Waals surface area (Å²) in [4.78, 5) is 0. The molecule has 4 rings (SSSR count). The lowest BCUT2D eigenvalue weighted by Crippen LogP contribution is -2.16. The molecular weight excluding hydrogens is 419 g/mol. The molecule has 10 heteroatoms. The second-order valence-electron chi connectivity index (χ2n) is 6.30. The Kier molecular flexibility index (Phi) is 5.28. The Morgan fingerprint density at radius 1 is 0.613 bits per heavy atom. The monoisotopic (exact) mass is 430 g/mol. The van der Waals surface area contributed by atoms with Gasteiger partial charge in [-0.1, -0.05) is 36.4 Å². The molecule has 31 heavy (non-hydrogen) atoms. The Morgan fingerprint density at radius 3 is 1.77 bits per heavy atom. The van der Waals surface area contributed by atoms with Crippen LogP contribution in [0, 0.1) is 11.6 Å². The zero-order chi connectivity index (χ0) is 22.0. The summed E-state index contributed by atoms with van der Waals surface area (Å²) in [6, 6.07) is 15.5. The predicted octanol–water partition coefficient (Wildman–Crippen LogP) is 5.44.